The number of carboxylic acids is 1. The van der Waals surface area contributed by atoms with Crippen LogP contribution in [0.4, 0.5) is 20.4 Å². The van der Waals surface area contributed by atoms with Crippen molar-refractivity contribution in [1.82, 2.24) is 14.1 Å². The first-order chi connectivity index (χ1) is 16.0. The van der Waals surface area contributed by atoms with Gasteiger partial charge in [-0.25, -0.2) is 14.2 Å². The van der Waals surface area contributed by atoms with Gasteiger partial charge >= 0.3 is 24.0 Å². The minimum absolute atomic E-state index is 0.0243. The summed E-state index contributed by atoms with van der Waals surface area (Å²) in [6.45, 7) is -0.118. The van der Waals surface area contributed by atoms with Crippen LogP contribution in [-0.2, 0) is 17.9 Å². The summed E-state index contributed by atoms with van der Waals surface area (Å²) in [6.07, 6.45) is 0. The van der Waals surface area contributed by atoms with E-state index in [4.69, 9.17) is 11.6 Å². The Morgan fingerprint density at radius 3 is 2.44 bits per heavy atom. The number of rotatable bonds is 9. The van der Waals surface area contributed by atoms with Crippen LogP contribution < -0.4 is 21.4 Å². The van der Waals surface area contributed by atoms with Gasteiger partial charge in [0.2, 0.25) is 5.95 Å². The fraction of sp³-hybridized carbons (Fsp3) is 0.273. The van der Waals surface area contributed by atoms with E-state index < -0.39 is 29.9 Å². The zero-order valence-corrected chi connectivity index (χ0v) is 18.9. The number of alkyl halides is 2. The first kappa shape index (κ1) is 24.9. The number of aryl methyl sites for hydroxylation is 1. The zero-order chi connectivity index (χ0) is 25.0. The number of hydrogen-bond acceptors (Lipinski definition) is 6. The Bertz CT molecular complexity index is 1310. The monoisotopic (exact) mass is 494 g/mol. The molecule has 0 saturated carbocycles. The number of nitrogens with one attached hydrogen (secondary N) is 1. The van der Waals surface area contributed by atoms with Gasteiger partial charge < -0.3 is 15.2 Å². The summed E-state index contributed by atoms with van der Waals surface area (Å²) in [4.78, 5) is 40.9. The van der Waals surface area contributed by atoms with Crippen LogP contribution in [0.1, 0.15) is 18.1 Å². The van der Waals surface area contributed by atoms with E-state index in [-0.39, 0.29) is 35.5 Å². The van der Waals surface area contributed by atoms with Crippen molar-refractivity contribution in [3.8, 4) is 5.75 Å². The summed E-state index contributed by atoms with van der Waals surface area (Å²) in [5, 5.41) is 11.9. The van der Waals surface area contributed by atoms with Crippen molar-refractivity contribution < 1.29 is 23.4 Å². The van der Waals surface area contributed by atoms with Gasteiger partial charge in [0.25, 0.3) is 0 Å². The van der Waals surface area contributed by atoms with Gasteiger partial charge in [-0.1, -0.05) is 48.4 Å². The Labute approximate surface area is 197 Å². The van der Waals surface area contributed by atoms with Gasteiger partial charge in [0.05, 0.1) is 17.5 Å². The summed E-state index contributed by atoms with van der Waals surface area (Å²) in [5.74, 6) is -2.54. The molecule has 2 N–H and O–H groups in total. The number of halogens is 3. The molecule has 0 unspecified atom stereocenters. The highest BCUT2D eigenvalue weighted by Gasteiger charge is 2.19. The van der Waals surface area contributed by atoms with Crippen LogP contribution in [0.2, 0.25) is 5.02 Å². The standard InChI is InChI=1S/C22H21ClF2N4O5/c1-12-3-5-14(6-4-12)11-28-20(26-15-7-8-17(16(23)9-15)34-19(24)25)27-21(32)29(22(28)33)10-13(2)18(30)31/h3-9,13,19H,10-11H2,1-2H3,(H,30,31)(H,26,27,32)/t13-/m0/s1. The average molecular weight is 495 g/mol. The topological polar surface area (TPSA) is 115 Å². The second-order valence-corrected chi connectivity index (χ2v) is 7.98. The Morgan fingerprint density at radius 2 is 1.85 bits per heavy atom. The van der Waals surface area contributed by atoms with Crippen LogP contribution in [0.25, 0.3) is 0 Å². The molecular weight excluding hydrogens is 474 g/mol. The number of benzene rings is 2. The molecular formula is C22H21ClF2N4O5. The second-order valence-electron chi connectivity index (χ2n) is 7.57. The summed E-state index contributed by atoms with van der Waals surface area (Å²) in [6, 6.07) is 11.1. The highest BCUT2D eigenvalue weighted by atomic mass is 35.5. The maximum atomic E-state index is 13.2. The first-order valence-electron chi connectivity index (χ1n) is 10.1. The van der Waals surface area contributed by atoms with Crippen LogP contribution in [0.15, 0.2) is 52.1 Å². The summed E-state index contributed by atoms with van der Waals surface area (Å²) in [5.41, 5.74) is 0.290. The lowest BCUT2D eigenvalue weighted by atomic mass is 10.1. The quantitative estimate of drug-likeness (QED) is 0.468. The van der Waals surface area contributed by atoms with Gasteiger partial charge in [-0.15, -0.1) is 0 Å². The highest BCUT2D eigenvalue weighted by molar-refractivity contribution is 6.32. The van der Waals surface area contributed by atoms with Crippen LogP contribution in [0, 0.1) is 12.8 Å². The summed E-state index contributed by atoms with van der Waals surface area (Å²) in [7, 11) is 0. The predicted molar refractivity (Wildman–Crippen MR) is 121 cm³/mol. The Kier molecular flexibility index (Phi) is 7.67. The Morgan fingerprint density at radius 1 is 1.18 bits per heavy atom. The second kappa shape index (κ2) is 10.5. The van der Waals surface area contributed by atoms with Gasteiger partial charge in [-0.2, -0.15) is 13.8 Å². The molecule has 0 spiro atoms. The summed E-state index contributed by atoms with van der Waals surface area (Å²) >= 11 is 5.99. The molecule has 0 radical (unpaired) electrons. The lowest BCUT2D eigenvalue weighted by Gasteiger charge is -2.17. The minimum Gasteiger partial charge on any atom is -0.481 e. The molecule has 1 aromatic heterocycles. The van der Waals surface area contributed by atoms with Gasteiger partial charge in [-0.05, 0) is 30.7 Å². The van der Waals surface area contributed by atoms with Crippen molar-refractivity contribution in [3.63, 3.8) is 0 Å². The molecule has 2 aromatic carbocycles. The summed E-state index contributed by atoms with van der Waals surface area (Å²) < 4.78 is 31.2. The van der Waals surface area contributed by atoms with Crippen molar-refractivity contribution in [2.45, 2.75) is 33.5 Å². The number of aromatic nitrogens is 3. The normalized spacial score (nSPS) is 11.9. The zero-order valence-electron chi connectivity index (χ0n) is 18.2. The van der Waals surface area contributed by atoms with E-state index in [1.807, 2.05) is 19.1 Å². The Balaban J connectivity index is 2.05. The first-order valence-corrected chi connectivity index (χ1v) is 10.4. The van der Waals surface area contributed by atoms with E-state index in [9.17, 15) is 28.3 Å². The maximum absolute atomic E-state index is 13.2. The fourth-order valence-electron chi connectivity index (χ4n) is 3.05. The van der Waals surface area contributed by atoms with Crippen LogP contribution >= 0.6 is 11.6 Å². The third-order valence-corrected chi connectivity index (χ3v) is 5.19. The molecule has 0 fully saturated rings. The number of nitrogens with zero attached hydrogens (tertiary/aromatic N) is 3. The molecule has 3 rings (SSSR count). The number of carboxylic acid groups (broad SMARTS) is 1. The molecule has 0 amide bonds. The molecule has 0 aliphatic heterocycles. The van der Waals surface area contributed by atoms with Gasteiger partial charge in [0.1, 0.15) is 5.75 Å². The number of carbonyl (C=O) groups is 1. The lowest BCUT2D eigenvalue weighted by molar-refractivity contribution is -0.141. The molecule has 0 saturated heterocycles. The number of ether oxygens (including phenoxy) is 1. The largest absolute Gasteiger partial charge is 0.481 e. The van der Waals surface area contributed by atoms with E-state index in [1.165, 1.54) is 29.7 Å². The smallest absolute Gasteiger partial charge is 0.387 e. The van der Waals surface area contributed by atoms with Crippen molar-refractivity contribution in [1.29, 1.82) is 0 Å². The van der Waals surface area contributed by atoms with E-state index in [0.717, 1.165) is 15.7 Å². The average Bonchev–Trinajstić information content (AvgIpc) is 2.76. The van der Waals surface area contributed by atoms with Gasteiger partial charge in [0, 0.05) is 12.2 Å². The molecule has 0 bridgehead atoms. The van der Waals surface area contributed by atoms with Crippen molar-refractivity contribution in [2.24, 2.45) is 5.92 Å². The molecule has 1 heterocycles. The van der Waals surface area contributed by atoms with E-state index in [2.05, 4.69) is 15.0 Å². The predicted octanol–water partition coefficient (Wildman–Crippen LogP) is 3.48. The number of aliphatic carboxylic acids is 1. The minimum atomic E-state index is -3.06. The SMILES string of the molecule is Cc1ccc(Cn2c(Nc3ccc(OC(F)F)c(Cl)c3)nc(=O)n(C[C@H](C)C(=O)O)c2=O)cc1. The molecule has 9 nitrogen and oxygen atoms in total. The van der Waals surface area contributed by atoms with E-state index >= 15 is 0 Å². The molecule has 12 heteroatoms. The van der Waals surface area contributed by atoms with Crippen LogP contribution in [-0.4, -0.2) is 31.8 Å². The van der Waals surface area contributed by atoms with Crippen molar-refractivity contribution in [2.75, 3.05) is 5.32 Å². The lowest BCUT2D eigenvalue weighted by Crippen LogP contribution is -2.44. The van der Waals surface area contributed by atoms with Crippen molar-refractivity contribution in [3.05, 3.63) is 79.6 Å². The van der Waals surface area contributed by atoms with E-state index in [1.54, 1.807) is 12.1 Å². The van der Waals surface area contributed by atoms with E-state index in [0.29, 0.717) is 0 Å². The molecule has 34 heavy (non-hydrogen) atoms. The maximum Gasteiger partial charge on any atom is 0.387 e. The van der Waals surface area contributed by atoms with Gasteiger partial charge in [0.15, 0.2) is 0 Å². The molecule has 0 aliphatic carbocycles. The third-order valence-electron chi connectivity index (χ3n) is 4.89. The van der Waals surface area contributed by atoms with Crippen LogP contribution in [0.3, 0.4) is 0 Å². The van der Waals surface area contributed by atoms with Gasteiger partial charge in [-0.3, -0.25) is 9.36 Å². The fourth-order valence-corrected chi connectivity index (χ4v) is 3.28. The van der Waals surface area contributed by atoms with Crippen LogP contribution in [0.5, 0.6) is 5.75 Å². The Hall–Kier alpha value is -3.73. The molecule has 3 aromatic rings. The molecule has 180 valence electrons. The number of hydrogen-bond donors (Lipinski definition) is 2. The van der Waals surface area contributed by atoms with Crippen molar-refractivity contribution >= 4 is 29.2 Å². The molecule has 1 atom stereocenters. The third kappa shape index (κ3) is 5.98. The number of anilines is 2. The highest BCUT2D eigenvalue weighted by Crippen LogP contribution is 2.29. The molecule has 0 aliphatic rings.